The van der Waals surface area contributed by atoms with E-state index in [1.54, 1.807) is 22.9 Å². The molecule has 0 unspecified atom stereocenters. The molecule has 2 aromatic heterocycles. The molecule has 4 heterocycles. The highest BCUT2D eigenvalue weighted by Gasteiger charge is 2.21. The lowest BCUT2D eigenvalue weighted by Gasteiger charge is -2.35. The third-order valence-electron chi connectivity index (χ3n) is 9.00. The molecule has 3 aromatic carbocycles. The fourth-order valence-electron chi connectivity index (χ4n) is 6.41. The Bertz CT molecular complexity index is 1960. The number of benzene rings is 3. The van der Waals surface area contributed by atoms with Crippen LogP contribution in [0, 0.1) is 6.92 Å². The van der Waals surface area contributed by atoms with Crippen LogP contribution in [0.15, 0.2) is 89.9 Å². The van der Waals surface area contributed by atoms with Crippen LogP contribution in [0.25, 0.3) is 22.2 Å². The number of anilines is 4. The van der Waals surface area contributed by atoms with E-state index >= 15 is 0 Å². The molecule has 10 nitrogen and oxygen atoms in total. The van der Waals surface area contributed by atoms with E-state index in [2.05, 4.69) is 57.6 Å². The number of carbonyl (C=O) groups is 1. The molecule has 0 radical (unpaired) electrons. The number of nitrogens with one attached hydrogen (secondary N) is 2. The number of ether oxygens (including phenoxy) is 1. The molecule has 2 aliphatic rings. The molecule has 2 N–H and O–H groups in total. The first-order chi connectivity index (χ1) is 22.9. The van der Waals surface area contributed by atoms with Crippen molar-refractivity contribution in [2.24, 2.45) is 0 Å². The van der Waals surface area contributed by atoms with Gasteiger partial charge in [0.1, 0.15) is 5.65 Å². The topological polar surface area (TPSA) is 105 Å². The number of aryl methyl sites for hydroxylation is 1. The Morgan fingerprint density at radius 2 is 1.79 bits per heavy atom. The van der Waals surface area contributed by atoms with E-state index in [1.807, 2.05) is 48.5 Å². The Labute approximate surface area is 274 Å². The van der Waals surface area contributed by atoms with Gasteiger partial charge in [0, 0.05) is 72.6 Å². The van der Waals surface area contributed by atoms with Gasteiger partial charge in [-0.25, -0.2) is 4.98 Å². The molecule has 2 saturated heterocycles. The Balaban J connectivity index is 1.20. The zero-order valence-electron chi connectivity index (χ0n) is 26.8. The van der Waals surface area contributed by atoms with Gasteiger partial charge in [0.25, 0.3) is 11.5 Å². The van der Waals surface area contributed by atoms with Crippen molar-refractivity contribution >= 4 is 40.0 Å². The molecule has 0 bridgehead atoms. The molecule has 10 heteroatoms. The van der Waals surface area contributed by atoms with Crippen LogP contribution in [0.2, 0.25) is 0 Å². The van der Waals surface area contributed by atoms with Gasteiger partial charge >= 0.3 is 0 Å². The van der Waals surface area contributed by atoms with Crippen molar-refractivity contribution in [2.75, 3.05) is 55.4 Å². The summed E-state index contributed by atoms with van der Waals surface area (Å²) in [6, 6.07) is 24.6. The van der Waals surface area contributed by atoms with Crippen LogP contribution in [0.5, 0.6) is 0 Å². The monoisotopic (exact) mass is 629 g/mol. The molecule has 5 aromatic rings. The third-order valence-corrected chi connectivity index (χ3v) is 9.00. The molecule has 2 fully saturated rings. The van der Waals surface area contributed by atoms with E-state index in [0.29, 0.717) is 47.1 Å². The van der Waals surface area contributed by atoms with E-state index in [9.17, 15) is 9.59 Å². The molecule has 0 spiro atoms. The van der Waals surface area contributed by atoms with Crippen LogP contribution < -0.4 is 21.1 Å². The minimum absolute atomic E-state index is 0.0706. The van der Waals surface area contributed by atoms with Crippen LogP contribution in [-0.2, 0) is 11.3 Å². The first-order valence-corrected chi connectivity index (χ1v) is 16.2. The maximum atomic E-state index is 14.2. The van der Waals surface area contributed by atoms with E-state index < -0.39 is 0 Å². The van der Waals surface area contributed by atoms with Crippen molar-refractivity contribution < 1.29 is 9.53 Å². The fraction of sp³-hybridized carbons (Fsp3) is 0.297. The van der Waals surface area contributed by atoms with Crippen molar-refractivity contribution in [1.29, 1.82) is 0 Å². The highest BCUT2D eigenvalue weighted by molar-refractivity contribution is 6.04. The first kappa shape index (κ1) is 30.6. The second kappa shape index (κ2) is 13.4. The summed E-state index contributed by atoms with van der Waals surface area (Å²) >= 11 is 0. The first-order valence-electron chi connectivity index (χ1n) is 16.2. The molecular weight excluding hydrogens is 590 g/mol. The quantitative estimate of drug-likeness (QED) is 0.226. The van der Waals surface area contributed by atoms with Gasteiger partial charge in [-0.05, 0) is 86.5 Å². The maximum absolute atomic E-state index is 14.2. The Morgan fingerprint density at radius 1 is 0.957 bits per heavy atom. The molecule has 1 atom stereocenters. The summed E-state index contributed by atoms with van der Waals surface area (Å²) < 4.78 is 7.66. The number of aromatic nitrogens is 3. The number of fused-ring (bicyclic) bond motifs is 1. The normalized spacial score (nSPS) is 16.8. The lowest BCUT2D eigenvalue weighted by molar-refractivity contribution is 0.0971. The third kappa shape index (κ3) is 6.74. The second-order valence-electron chi connectivity index (χ2n) is 12.4. The number of nitrogens with zero attached hydrogens (tertiary/aromatic N) is 5. The molecular formula is C37H39N7O3. The predicted molar refractivity (Wildman–Crippen MR) is 187 cm³/mol. The van der Waals surface area contributed by atoms with E-state index in [4.69, 9.17) is 9.72 Å². The zero-order chi connectivity index (χ0) is 32.3. The van der Waals surface area contributed by atoms with Gasteiger partial charge in [-0.1, -0.05) is 30.3 Å². The molecule has 1 amide bonds. The molecule has 7 rings (SSSR count). The largest absolute Gasteiger partial charge is 0.376 e. The minimum Gasteiger partial charge on any atom is -0.376 e. The second-order valence-corrected chi connectivity index (χ2v) is 12.4. The van der Waals surface area contributed by atoms with E-state index in [0.717, 1.165) is 50.1 Å². The van der Waals surface area contributed by atoms with Gasteiger partial charge in [-0.2, -0.15) is 4.98 Å². The number of hydrogen-bond donors (Lipinski definition) is 2. The predicted octanol–water partition coefficient (Wildman–Crippen LogP) is 5.69. The smallest absolute Gasteiger partial charge is 0.260 e. The zero-order valence-corrected chi connectivity index (χ0v) is 26.8. The van der Waals surface area contributed by atoms with Crippen LogP contribution >= 0.6 is 0 Å². The Morgan fingerprint density at radius 3 is 2.55 bits per heavy atom. The van der Waals surface area contributed by atoms with Gasteiger partial charge in [-0.15, -0.1) is 0 Å². The van der Waals surface area contributed by atoms with Crippen LogP contribution in [0.1, 0.15) is 28.8 Å². The molecule has 47 heavy (non-hydrogen) atoms. The standard InChI is InChI=1S/C37H39N7O3/c1-25-20-30(13-14-33(25)43-17-15-42(2)16-18-43)40-37-38-23-28-22-32(36(46)44(34(28)41-37)24-31-12-7-19-47-31)27-10-6-11-29(21-27)39-35(45)26-8-4-3-5-9-26/h3-6,8-11,13-14,20-23,31H,7,12,15-19,24H2,1-2H3,(H,39,45)(H,38,40,41)/t31-/m1/s1. The van der Waals surface area contributed by atoms with Crippen molar-refractivity contribution in [3.8, 4) is 11.1 Å². The van der Waals surface area contributed by atoms with Gasteiger partial charge in [0.2, 0.25) is 5.95 Å². The molecule has 2 aliphatic heterocycles. The number of rotatable bonds is 8. The summed E-state index contributed by atoms with van der Waals surface area (Å²) in [5.74, 6) is 0.206. The Hall–Kier alpha value is -5.06. The lowest BCUT2D eigenvalue weighted by Crippen LogP contribution is -2.44. The van der Waals surface area contributed by atoms with E-state index in [1.165, 1.54) is 11.3 Å². The number of amides is 1. The lowest BCUT2D eigenvalue weighted by atomic mass is 10.0. The number of carbonyl (C=O) groups excluding carboxylic acids is 1. The molecule has 0 saturated carbocycles. The van der Waals surface area contributed by atoms with Crippen molar-refractivity contribution in [3.63, 3.8) is 0 Å². The summed E-state index contributed by atoms with van der Waals surface area (Å²) in [6.45, 7) is 7.33. The number of likely N-dealkylation sites (N-methyl/N-ethyl adjacent to an activating group) is 1. The Kier molecular flexibility index (Phi) is 8.69. The highest BCUT2D eigenvalue weighted by Crippen LogP contribution is 2.28. The van der Waals surface area contributed by atoms with Crippen molar-refractivity contribution in [1.82, 2.24) is 19.4 Å². The maximum Gasteiger partial charge on any atom is 0.260 e. The highest BCUT2D eigenvalue weighted by atomic mass is 16.5. The molecule has 240 valence electrons. The van der Waals surface area contributed by atoms with Gasteiger partial charge in [-0.3, -0.25) is 14.2 Å². The average molecular weight is 630 g/mol. The average Bonchev–Trinajstić information content (AvgIpc) is 3.61. The summed E-state index contributed by atoms with van der Waals surface area (Å²) in [5, 5.41) is 7.05. The van der Waals surface area contributed by atoms with Crippen LogP contribution in [-0.4, -0.2) is 71.3 Å². The number of pyridine rings is 1. The minimum atomic E-state index is -0.213. The van der Waals surface area contributed by atoms with Gasteiger partial charge in [0.05, 0.1) is 12.6 Å². The van der Waals surface area contributed by atoms with Crippen LogP contribution in [0.3, 0.4) is 0 Å². The summed E-state index contributed by atoms with van der Waals surface area (Å²) in [5.41, 5.74) is 6.05. The van der Waals surface area contributed by atoms with E-state index in [-0.39, 0.29) is 17.6 Å². The SMILES string of the molecule is Cc1cc(Nc2ncc3cc(-c4cccc(NC(=O)c5ccccc5)c4)c(=O)n(C[C@H]4CCCO4)c3n2)ccc1N1CCN(C)CC1. The summed E-state index contributed by atoms with van der Waals surface area (Å²) in [7, 11) is 2.16. The van der Waals surface area contributed by atoms with Crippen molar-refractivity contribution in [3.05, 3.63) is 107 Å². The summed E-state index contributed by atoms with van der Waals surface area (Å²) in [6.07, 6.45) is 3.53. The number of hydrogen-bond acceptors (Lipinski definition) is 8. The van der Waals surface area contributed by atoms with Crippen molar-refractivity contribution in [2.45, 2.75) is 32.4 Å². The van der Waals surface area contributed by atoms with Crippen LogP contribution in [0.4, 0.5) is 23.0 Å². The van der Waals surface area contributed by atoms with Gasteiger partial charge < -0.3 is 25.2 Å². The summed E-state index contributed by atoms with van der Waals surface area (Å²) in [4.78, 5) is 41.3. The number of piperazine rings is 1. The molecule has 0 aliphatic carbocycles. The van der Waals surface area contributed by atoms with Gasteiger partial charge in [0.15, 0.2) is 0 Å². The fourth-order valence-corrected chi connectivity index (χ4v) is 6.41.